The number of hydrogen-bond donors (Lipinski definition) is 0. The second-order valence-corrected chi connectivity index (χ2v) is 10.2. The van der Waals surface area contributed by atoms with Crippen LogP contribution < -0.4 is 0 Å². The Kier molecular flexibility index (Phi) is 10.6. The number of fused-ring (bicyclic) bond motifs is 1. The first-order valence-electron chi connectivity index (χ1n) is 12.7. The third kappa shape index (κ3) is 6.92. The quantitative estimate of drug-likeness (QED) is 0.340. The van der Waals surface area contributed by atoms with Gasteiger partial charge in [0, 0.05) is 31.5 Å². The summed E-state index contributed by atoms with van der Waals surface area (Å²) in [7, 11) is 1.63. The Balaban J connectivity index is 1.70. The van der Waals surface area contributed by atoms with Crippen LogP contribution in [0.4, 0.5) is 0 Å². The van der Waals surface area contributed by atoms with Crippen molar-refractivity contribution in [3.63, 3.8) is 0 Å². The molecule has 1 atom stereocenters. The number of nitrogens with zero attached hydrogens (tertiary/aromatic N) is 2. The highest BCUT2D eigenvalue weighted by Crippen LogP contribution is 2.39. The molecule has 0 radical (unpaired) electrons. The Morgan fingerprint density at radius 3 is 2.62 bits per heavy atom. The van der Waals surface area contributed by atoms with Crippen molar-refractivity contribution in [2.45, 2.75) is 71.3 Å². The molecule has 1 aliphatic rings. The largest absolute Gasteiger partial charge is 0.383 e. The number of methoxy groups -OCH3 is 1. The number of benzene rings is 1. The summed E-state index contributed by atoms with van der Waals surface area (Å²) in [6.07, 6.45) is 8.20. The van der Waals surface area contributed by atoms with Gasteiger partial charge in [0.2, 0.25) is 11.8 Å². The standard InChI is InChI=1S/C28H40N2O3S/c1-4-5-6-7-8-9-14-26(31)29(18-19-33-3)21-27(32)30-17-15-25-24(16-20-34-25)28(30)23-13-11-10-12-22(23)2/h10-13,16,20,28H,4-9,14-15,17-19,21H2,1-3H3. The van der Waals surface area contributed by atoms with Crippen molar-refractivity contribution >= 4 is 23.2 Å². The fraction of sp³-hybridized carbons (Fsp3) is 0.571. The van der Waals surface area contributed by atoms with Crippen LogP contribution in [0, 0.1) is 6.92 Å². The van der Waals surface area contributed by atoms with Gasteiger partial charge in [-0.15, -0.1) is 11.3 Å². The van der Waals surface area contributed by atoms with Gasteiger partial charge in [0.1, 0.15) is 0 Å². The van der Waals surface area contributed by atoms with Crippen LogP contribution in [-0.2, 0) is 20.7 Å². The lowest BCUT2D eigenvalue weighted by atomic mass is 9.90. The van der Waals surface area contributed by atoms with E-state index in [9.17, 15) is 9.59 Å². The first kappa shape index (κ1) is 26.4. The van der Waals surface area contributed by atoms with Gasteiger partial charge in [-0.25, -0.2) is 0 Å². The molecule has 34 heavy (non-hydrogen) atoms. The molecule has 2 amide bonds. The van der Waals surface area contributed by atoms with E-state index in [1.807, 2.05) is 17.0 Å². The molecule has 0 saturated heterocycles. The van der Waals surface area contributed by atoms with E-state index in [-0.39, 0.29) is 24.4 Å². The number of carbonyl (C=O) groups is 2. The summed E-state index contributed by atoms with van der Waals surface area (Å²) >= 11 is 1.77. The average molecular weight is 485 g/mol. The predicted molar refractivity (Wildman–Crippen MR) is 139 cm³/mol. The second-order valence-electron chi connectivity index (χ2n) is 9.22. The van der Waals surface area contributed by atoms with Gasteiger partial charge in [-0.1, -0.05) is 63.3 Å². The highest BCUT2D eigenvalue weighted by molar-refractivity contribution is 7.10. The van der Waals surface area contributed by atoms with E-state index in [0.717, 1.165) is 24.8 Å². The van der Waals surface area contributed by atoms with Crippen molar-refractivity contribution < 1.29 is 14.3 Å². The fourth-order valence-corrected chi connectivity index (χ4v) is 5.68. The molecule has 186 valence electrons. The SMILES string of the molecule is CCCCCCCCC(=O)N(CCOC)CC(=O)N1CCc2sccc2C1c1ccccc1C. The summed E-state index contributed by atoms with van der Waals surface area (Å²) in [6.45, 7) is 5.98. The zero-order valence-corrected chi connectivity index (χ0v) is 21.9. The minimum absolute atomic E-state index is 0.0116. The van der Waals surface area contributed by atoms with Crippen LogP contribution in [0.1, 0.15) is 79.5 Å². The molecule has 1 aliphatic heterocycles. The molecular formula is C28H40N2O3S. The van der Waals surface area contributed by atoms with Crippen molar-refractivity contribution in [1.29, 1.82) is 0 Å². The molecule has 1 unspecified atom stereocenters. The summed E-state index contributed by atoms with van der Waals surface area (Å²) in [5.74, 6) is 0.0686. The van der Waals surface area contributed by atoms with Crippen molar-refractivity contribution in [3.8, 4) is 0 Å². The van der Waals surface area contributed by atoms with E-state index in [2.05, 4.69) is 37.4 Å². The molecule has 3 rings (SSSR count). The average Bonchev–Trinajstić information content (AvgIpc) is 3.32. The van der Waals surface area contributed by atoms with Crippen molar-refractivity contribution in [2.75, 3.05) is 33.4 Å². The second kappa shape index (κ2) is 13.6. The van der Waals surface area contributed by atoms with Crippen molar-refractivity contribution in [1.82, 2.24) is 9.80 Å². The molecule has 0 spiro atoms. The van der Waals surface area contributed by atoms with Crippen LogP contribution in [0.3, 0.4) is 0 Å². The maximum atomic E-state index is 13.6. The molecule has 0 bridgehead atoms. The predicted octanol–water partition coefficient (Wildman–Crippen LogP) is 5.76. The topological polar surface area (TPSA) is 49.9 Å². The Bertz CT molecular complexity index is 926. The van der Waals surface area contributed by atoms with Crippen LogP contribution in [0.25, 0.3) is 0 Å². The minimum atomic E-state index is -0.0957. The molecule has 0 aliphatic carbocycles. The molecule has 2 aromatic rings. The van der Waals surface area contributed by atoms with Gasteiger partial charge >= 0.3 is 0 Å². The molecule has 0 saturated carbocycles. The molecule has 0 N–H and O–H groups in total. The third-order valence-electron chi connectivity index (χ3n) is 6.76. The Labute approximate surface area is 209 Å². The van der Waals surface area contributed by atoms with Gasteiger partial charge in [0.05, 0.1) is 19.2 Å². The van der Waals surface area contributed by atoms with E-state index < -0.39 is 0 Å². The van der Waals surface area contributed by atoms with Crippen LogP contribution in [0.15, 0.2) is 35.7 Å². The van der Waals surface area contributed by atoms with Gasteiger partial charge in [0.15, 0.2) is 0 Å². The highest BCUT2D eigenvalue weighted by Gasteiger charge is 2.34. The zero-order valence-electron chi connectivity index (χ0n) is 21.1. The minimum Gasteiger partial charge on any atom is -0.383 e. The van der Waals surface area contributed by atoms with Crippen LogP contribution in [-0.4, -0.2) is 55.0 Å². The van der Waals surface area contributed by atoms with Crippen LogP contribution in [0.2, 0.25) is 0 Å². The zero-order chi connectivity index (χ0) is 24.3. The smallest absolute Gasteiger partial charge is 0.242 e. The Morgan fingerprint density at radius 1 is 1.09 bits per heavy atom. The summed E-state index contributed by atoms with van der Waals surface area (Å²) < 4.78 is 5.24. The van der Waals surface area contributed by atoms with E-state index >= 15 is 0 Å². The number of rotatable bonds is 13. The fourth-order valence-electron chi connectivity index (χ4n) is 4.78. The molecular weight excluding hydrogens is 444 g/mol. The maximum absolute atomic E-state index is 13.6. The molecule has 6 heteroatoms. The highest BCUT2D eigenvalue weighted by atomic mass is 32.1. The summed E-state index contributed by atoms with van der Waals surface area (Å²) in [5, 5.41) is 2.12. The molecule has 1 aromatic carbocycles. The summed E-state index contributed by atoms with van der Waals surface area (Å²) in [4.78, 5) is 31.7. The van der Waals surface area contributed by atoms with E-state index in [1.165, 1.54) is 41.7 Å². The normalized spacial score (nSPS) is 15.3. The van der Waals surface area contributed by atoms with E-state index in [1.54, 1.807) is 23.3 Å². The van der Waals surface area contributed by atoms with Gasteiger partial charge in [-0.3, -0.25) is 9.59 Å². The van der Waals surface area contributed by atoms with Gasteiger partial charge in [0.25, 0.3) is 0 Å². The third-order valence-corrected chi connectivity index (χ3v) is 7.75. The summed E-state index contributed by atoms with van der Waals surface area (Å²) in [5.41, 5.74) is 3.57. The molecule has 2 heterocycles. The van der Waals surface area contributed by atoms with E-state index in [0.29, 0.717) is 26.1 Å². The summed E-state index contributed by atoms with van der Waals surface area (Å²) in [6, 6.07) is 10.4. The number of thiophene rings is 1. The number of ether oxygens (including phenoxy) is 1. The first-order valence-corrected chi connectivity index (χ1v) is 13.6. The monoisotopic (exact) mass is 484 g/mol. The van der Waals surface area contributed by atoms with Crippen molar-refractivity contribution in [3.05, 3.63) is 57.3 Å². The lowest BCUT2D eigenvalue weighted by Crippen LogP contribution is -2.47. The molecule has 0 fully saturated rings. The number of unbranched alkanes of at least 4 members (excludes halogenated alkanes) is 5. The Hall–Kier alpha value is -2.18. The lowest BCUT2D eigenvalue weighted by Gasteiger charge is -2.38. The first-order chi connectivity index (χ1) is 16.6. The van der Waals surface area contributed by atoms with Gasteiger partial charge in [-0.2, -0.15) is 0 Å². The van der Waals surface area contributed by atoms with Crippen molar-refractivity contribution in [2.24, 2.45) is 0 Å². The number of carbonyl (C=O) groups excluding carboxylic acids is 2. The number of aryl methyl sites for hydroxylation is 1. The van der Waals surface area contributed by atoms with Gasteiger partial charge < -0.3 is 14.5 Å². The lowest BCUT2D eigenvalue weighted by molar-refractivity contribution is -0.142. The van der Waals surface area contributed by atoms with Gasteiger partial charge in [-0.05, 0) is 47.9 Å². The van der Waals surface area contributed by atoms with Crippen LogP contribution in [0.5, 0.6) is 0 Å². The number of hydrogen-bond acceptors (Lipinski definition) is 4. The Morgan fingerprint density at radius 2 is 1.85 bits per heavy atom. The van der Waals surface area contributed by atoms with E-state index in [4.69, 9.17) is 4.74 Å². The number of amides is 2. The van der Waals surface area contributed by atoms with Crippen LogP contribution >= 0.6 is 11.3 Å². The maximum Gasteiger partial charge on any atom is 0.242 e. The molecule has 1 aromatic heterocycles. The molecule has 5 nitrogen and oxygen atoms in total.